The van der Waals surface area contributed by atoms with Crippen LogP contribution in [0.5, 0.6) is 0 Å². The fourth-order valence-corrected chi connectivity index (χ4v) is 6.84. The molecule has 5 nitrogen and oxygen atoms in total. The van der Waals surface area contributed by atoms with E-state index < -0.39 is 10.7 Å². The molecule has 5 aromatic rings. The van der Waals surface area contributed by atoms with Gasteiger partial charge in [-0.15, -0.1) is 0 Å². The Morgan fingerprint density at radius 3 is 1.95 bits per heavy atom. The van der Waals surface area contributed by atoms with Crippen LogP contribution in [0.15, 0.2) is 125 Å². The Kier molecular flexibility index (Phi) is 6.78. The average molecular weight is 546 g/mol. The molecule has 2 heterocycles. The predicted octanol–water partition coefficient (Wildman–Crippen LogP) is 7.85. The Bertz CT molecular complexity index is 1640. The van der Waals surface area contributed by atoms with Gasteiger partial charge < -0.3 is 14.1 Å². The zero-order chi connectivity index (χ0) is 27.7. The molecule has 0 unspecified atom stereocenters. The van der Waals surface area contributed by atoms with Gasteiger partial charge in [0.15, 0.2) is 11.5 Å². The number of hydrogen-bond acceptors (Lipinski definition) is 6. The normalized spacial score (nSPS) is 13.6. The minimum absolute atomic E-state index is 0.0937. The summed E-state index contributed by atoms with van der Waals surface area (Å²) in [5.41, 5.74) is 4.01. The smallest absolute Gasteiger partial charge is 0.375 e. The van der Waals surface area contributed by atoms with E-state index in [2.05, 4.69) is 30.3 Å². The molecule has 0 saturated heterocycles. The van der Waals surface area contributed by atoms with Crippen molar-refractivity contribution in [2.45, 2.75) is 16.6 Å². The third-order valence-corrected chi connectivity index (χ3v) is 8.64. The molecule has 0 spiro atoms. The maximum Gasteiger partial charge on any atom is 0.375 e. The second-order valence-electron chi connectivity index (χ2n) is 9.44. The molecule has 0 atom stereocenters. The Labute approximate surface area is 237 Å². The van der Waals surface area contributed by atoms with Gasteiger partial charge in [0, 0.05) is 17.5 Å². The van der Waals surface area contributed by atoms with Gasteiger partial charge in [0.25, 0.3) is 0 Å². The van der Waals surface area contributed by atoms with Gasteiger partial charge >= 0.3 is 5.97 Å². The molecule has 1 aliphatic rings. The third kappa shape index (κ3) is 4.12. The van der Waals surface area contributed by atoms with E-state index in [1.807, 2.05) is 84.7 Å². The number of carbonyl (C=O) groups is 2. The lowest BCUT2D eigenvalue weighted by molar-refractivity contribution is 0.0484. The lowest BCUT2D eigenvalue weighted by atomic mass is 9.86. The highest BCUT2D eigenvalue weighted by atomic mass is 32.2. The molecule has 0 amide bonds. The zero-order valence-corrected chi connectivity index (χ0v) is 23.0. The molecule has 0 fully saturated rings. The quantitative estimate of drug-likeness (QED) is 0.160. The Hall–Kier alpha value is -4.55. The molecule has 0 N–H and O–H groups in total. The summed E-state index contributed by atoms with van der Waals surface area (Å²) in [7, 11) is 1.91. The van der Waals surface area contributed by atoms with Crippen LogP contribution in [0, 0.1) is 0 Å². The summed E-state index contributed by atoms with van der Waals surface area (Å²) in [5.74, 6) is -0.573. The molecular formula is C34H27NO4S. The van der Waals surface area contributed by atoms with Crippen molar-refractivity contribution in [1.82, 2.24) is 0 Å². The van der Waals surface area contributed by atoms with Crippen molar-refractivity contribution < 1.29 is 18.7 Å². The monoisotopic (exact) mass is 545 g/mol. The van der Waals surface area contributed by atoms with Crippen molar-refractivity contribution in [1.29, 1.82) is 0 Å². The van der Waals surface area contributed by atoms with Gasteiger partial charge in [-0.1, -0.05) is 115 Å². The van der Waals surface area contributed by atoms with Gasteiger partial charge in [-0.3, -0.25) is 4.79 Å². The highest BCUT2D eigenvalue weighted by Gasteiger charge is 2.49. The summed E-state index contributed by atoms with van der Waals surface area (Å²) >= 11 is 1.63. The molecular weight excluding hydrogens is 518 g/mol. The number of esters is 1. The Balaban J connectivity index is 1.77. The van der Waals surface area contributed by atoms with E-state index in [-0.39, 0.29) is 23.7 Å². The lowest BCUT2D eigenvalue weighted by Gasteiger charge is -2.32. The van der Waals surface area contributed by atoms with Gasteiger partial charge in [-0.2, -0.15) is 0 Å². The van der Waals surface area contributed by atoms with E-state index in [1.54, 1.807) is 30.8 Å². The standard InChI is InChI=1S/C34H27NO4S/c1-3-38-33(37)31-28(30(36)23-15-7-4-8-16-23)29-32(39-31)34(24-17-9-5-10-18-24,25-19-11-6-12-20-25)40-27-22-14-13-21-26(27)35(29)2/h4-22H,3H2,1-2H3. The van der Waals surface area contributed by atoms with E-state index >= 15 is 0 Å². The summed E-state index contributed by atoms with van der Waals surface area (Å²) < 4.78 is 11.2. The minimum atomic E-state index is -0.921. The number of rotatable bonds is 6. The molecule has 6 heteroatoms. The number of para-hydroxylation sites is 1. The van der Waals surface area contributed by atoms with Crippen LogP contribution in [-0.2, 0) is 9.48 Å². The first-order chi connectivity index (χ1) is 19.6. The third-order valence-electron chi connectivity index (χ3n) is 7.11. The second-order valence-corrected chi connectivity index (χ2v) is 10.7. The summed E-state index contributed by atoms with van der Waals surface area (Å²) in [6.45, 7) is 1.89. The molecule has 1 aromatic heterocycles. The van der Waals surface area contributed by atoms with Crippen LogP contribution in [0.2, 0.25) is 0 Å². The lowest BCUT2D eigenvalue weighted by Crippen LogP contribution is -2.26. The number of fused-ring (bicyclic) bond motifs is 2. The van der Waals surface area contributed by atoms with Crippen molar-refractivity contribution in [3.63, 3.8) is 0 Å². The largest absolute Gasteiger partial charge is 0.460 e. The number of anilines is 2. The number of nitrogens with zero attached hydrogens (tertiary/aromatic N) is 1. The van der Waals surface area contributed by atoms with E-state index in [4.69, 9.17) is 9.15 Å². The van der Waals surface area contributed by atoms with Gasteiger partial charge in [0.1, 0.15) is 10.3 Å². The zero-order valence-electron chi connectivity index (χ0n) is 22.2. The maximum atomic E-state index is 14.3. The summed E-state index contributed by atoms with van der Waals surface area (Å²) in [6.07, 6.45) is 0. The van der Waals surface area contributed by atoms with Crippen molar-refractivity contribution in [3.8, 4) is 0 Å². The fraction of sp³-hybridized carbons (Fsp3) is 0.118. The van der Waals surface area contributed by atoms with Crippen molar-refractivity contribution in [2.24, 2.45) is 0 Å². The molecule has 4 aromatic carbocycles. The van der Waals surface area contributed by atoms with Crippen LogP contribution in [-0.4, -0.2) is 25.4 Å². The first-order valence-corrected chi connectivity index (χ1v) is 13.9. The van der Waals surface area contributed by atoms with E-state index in [0.29, 0.717) is 17.0 Å². The number of carbonyl (C=O) groups excluding carboxylic acids is 2. The number of hydrogen-bond donors (Lipinski definition) is 0. The molecule has 6 rings (SSSR count). The van der Waals surface area contributed by atoms with Crippen LogP contribution in [0.4, 0.5) is 11.4 Å². The van der Waals surface area contributed by atoms with E-state index in [9.17, 15) is 9.59 Å². The van der Waals surface area contributed by atoms with E-state index in [0.717, 1.165) is 21.7 Å². The topological polar surface area (TPSA) is 59.8 Å². The fourth-order valence-electron chi connectivity index (χ4n) is 5.31. The first kappa shape index (κ1) is 25.7. The number of furan rings is 1. The molecule has 0 bridgehead atoms. The average Bonchev–Trinajstić information content (AvgIpc) is 3.37. The van der Waals surface area contributed by atoms with Crippen molar-refractivity contribution in [3.05, 3.63) is 149 Å². The van der Waals surface area contributed by atoms with Crippen molar-refractivity contribution in [2.75, 3.05) is 18.6 Å². The van der Waals surface area contributed by atoms with Gasteiger partial charge in [0.2, 0.25) is 5.76 Å². The molecule has 40 heavy (non-hydrogen) atoms. The summed E-state index contributed by atoms with van der Waals surface area (Å²) in [5, 5.41) is 0. The van der Waals surface area contributed by atoms with Crippen LogP contribution in [0.1, 0.15) is 50.3 Å². The molecule has 0 radical (unpaired) electrons. The van der Waals surface area contributed by atoms with Crippen LogP contribution < -0.4 is 4.90 Å². The van der Waals surface area contributed by atoms with E-state index in [1.165, 1.54) is 0 Å². The van der Waals surface area contributed by atoms with Crippen LogP contribution >= 0.6 is 11.8 Å². The van der Waals surface area contributed by atoms with Crippen LogP contribution in [0.25, 0.3) is 0 Å². The van der Waals surface area contributed by atoms with Gasteiger partial charge in [-0.05, 0) is 30.2 Å². The molecule has 0 aliphatic carbocycles. The second kappa shape index (κ2) is 10.5. The van der Waals surface area contributed by atoms with Gasteiger partial charge in [0.05, 0.1) is 18.0 Å². The predicted molar refractivity (Wildman–Crippen MR) is 158 cm³/mol. The molecule has 1 aliphatic heterocycles. The highest BCUT2D eigenvalue weighted by molar-refractivity contribution is 8.00. The number of ketones is 1. The number of thioether (sulfide) groups is 1. The highest BCUT2D eigenvalue weighted by Crippen LogP contribution is 2.60. The van der Waals surface area contributed by atoms with Gasteiger partial charge in [-0.25, -0.2) is 4.79 Å². The Morgan fingerprint density at radius 2 is 1.35 bits per heavy atom. The SMILES string of the molecule is CCOC(=O)c1oc2c(c1C(=O)c1ccccc1)N(C)c1ccccc1SC2(c1ccccc1)c1ccccc1. The Morgan fingerprint density at radius 1 is 0.800 bits per heavy atom. The maximum absolute atomic E-state index is 14.3. The summed E-state index contributed by atoms with van der Waals surface area (Å²) in [6, 6.07) is 37.2. The summed E-state index contributed by atoms with van der Waals surface area (Å²) in [4.78, 5) is 30.7. The number of ether oxygens (including phenoxy) is 1. The van der Waals surface area contributed by atoms with Crippen LogP contribution in [0.3, 0.4) is 0 Å². The minimum Gasteiger partial charge on any atom is -0.460 e. The molecule has 0 saturated carbocycles. The number of benzene rings is 4. The first-order valence-electron chi connectivity index (χ1n) is 13.1. The molecule has 198 valence electrons. The van der Waals surface area contributed by atoms with Crippen molar-refractivity contribution >= 4 is 34.9 Å².